The number of aliphatic hydroxyl groups is 1. The van der Waals surface area contributed by atoms with Crippen LogP contribution in [0.4, 0.5) is 17.6 Å². The maximum absolute atomic E-state index is 14.0. The third-order valence-electron chi connectivity index (χ3n) is 3.04. The van der Waals surface area contributed by atoms with Crippen molar-refractivity contribution in [2.24, 2.45) is 0 Å². The fourth-order valence-corrected chi connectivity index (χ4v) is 1.96. The van der Waals surface area contributed by atoms with E-state index in [0.717, 1.165) is 12.1 Å². The molecule has 0 fully saturated rings. The monoisotopic (exact) mass is 300 g/mol. The van der Waals surface area contributed by atoms with Gasteiger partial charge in [0.15, 0.2) is 11.6 Å². The van der Waals surface area contributed by atoms with Crippen molar-refractivity contribution in [2.75, 3.05) is 7.11 Å². The van der Waals surface area contributed by atoms with Gasteiger partial charge in [-0.25, -0.2) is 4.39 Å². The van der Waals surface area contributed by atoms with Crippen LogP contribution in [0.25, 0.3) is 0 Å². The molecule has 1 unspecified atom stereocenters. The number of benzene rings is 2. The summed E-state index contributed by atoms with van der Waals surface area (Å²) >= 11 is 0. The molecule has 1 atom stereocenters. The summed E-state index contributed by atoms with van der Waals surface area (Å²) in [4.78, 5) is 0. The molecule has 0 radical (unpaired) electrons. The minimum atomic E-state index is -4.53. The van der Waals surface area contributed by atoms with Crippen molar-refractivity contribution >= 4 is 0 Å². The Morgan fingerprint density at radius 2 is 1.76 bits per heavy atom. The molecule has 0 aliphatic rings. The number of aliphatic hydroxyl groups excluding tert-OH is 1. The first-order chi connectivity index (χ1) is 9.84. The van der Waals surface area contributed by atoms with Crippen LogP contribution in [0.3, 0.4) is 0 Å². The van der Waals surface area contributed by atoms with E-state index in [4.69, 9.17) is 4.74 Å². The van der Waals surface area contributed by atoms with Crippen LogP contribution < -0.4 is 4.74 Å². The second kappa shape index (κ2) is 5.73. The molecule has 2 aromatic rings. The lowest BCUT2D eigenvalue weighted by molar-refractivity contribution is -0.137. The Morgan fingerprint density at radius 1 is 1.10 bits per heavy atom. The van der Waals surface area contributed by atoms with Crippen molar-refractivity contribution in [1.29, 1.82) is 0 Å². The van der Waals surface area contributed by atoms with E-state index >= 15 is 0 Å². The lowest BCUT2D eigenvalue weighted by Gasteiger charge is -2.15. The van der Waals surface area contributed by atoms with E-state index in [1.165, 1.54) is 37.4 Å². The van der Waals surface area contributed by atoms with E-state index in [2.05, 4.69) is 0 Å². The normalized spacial score (nSPS) is 13.0. The van der Waals surface area contributed by atoms with Crippen LogP contribution in [0.1, 0.15) is 22.8 Å². The van der Waals surface area contributed by atoms with Gasteiger partial charge in [-0.05, 0) is 23.8 Å². The molecule has 0 aliphatic heterocycles. The Kier molecular flexibility index (Phi) is 4.18. The van der Waals surface area contributed by atoms with Crippen molar-refractivity contribution in [3.05, 3.63) is 65.0 Å². The quantitative estimate of drug-likeness (QED) is 0.870. The second-order valence-electron chi connectivity index (χ2n) is 4.39. The highest BCUT2D eigenvalue weighted by Gasteiger charge is 2.31. The average molecular weight is 300 g/mol. The zero-order valence-electron chi connectivity index (χ0n) is 11.0. The molecule has 2 nitrogen and oxygen atoms in total. The predicted molar refractivity (Wildman–Crippen MR) is 68.5 cm³/mol. The Balaban J connectivity index is 2.43. The number of halogens is 4. The first-order valence-electron chi connectivity index (χ1n) is 6.02. The number of rotatable bonds is 3. The molecular weight excluding hydrogens is 288 g/mol. The van der Waals surface area contributed by atoms with Gasteiger partial charge in [0, 0.05) is 5.56 Å². The summed E-state index contributed by atoms with van der Waals surface area (Å²) in [5.74, 6) is -0.886. The van der Waals surface area contributed by atoms with E-state index in [1.54, 1.807) is 0 Å². The van der Waals surface area contributed by atoms with Gasteiger partial charge in [-0.2, -0.15) is 13.2 Å². The molecule has 0 saturated carbocycles. The third-order valence-corrected chi connectivity index (χ3v) is 3.04. The molecule has 0 heterocycles. The van der Waals surface area contributed by atoms with Crippen molar-refractivity contribution in [1.82, 2.24) is 0 Å². The van der Waals surface area contributed by atoms with Crippen LogP contribution >= 0.6 is 0 Å². The molecule has 1 N–H and O–H groups in total. The molecule has 2 rings (SSSR count). The number of methoxy groups -OCH3 is 1. The zero-order chi connectivity index (χ0) is 15.6. The Morgan fingerprint density at radius 3 is 2.38 bits per heavy atom. The van der Waals surface area contributed by atoms with Gasteiger partial charge in [0.25, 0.3) is 0 Å². The first kappa shape index (κ1) is 15.3. The molecule has 6 heteroatoms. The van der Waals surface area contributed by atoms with Crippen LogP contribution in [-0.2, 0) is 6.18 Å². The fraction of sp³-hybridized carbons (Fsp3) is 0.200. The van der Waals surface area contributed by atoms with Gasteiger partial charge in [-0.15, -0.1) is 0 Å². The number of hydrogen-bond donors (Lipinski definition) is 1. The largest absolute Gasteiger partial charge is 0.494 e. The molecule has 0 aliphatic carbocycles. The molecule has 21 heavy (non-hydrogen) atoms. The van der Waals surface area contributed by atoms with Crippen LogP contribution in [0.2, 0.25) is 0 Å². The lowest BCUT2D eigenvalue weighted by atomic mass is 9.99. The summed E-state index contributed by atoms with van der Waals surface area (Å²) < 4.78 is 56.8. The molecule has 0 aromatic heterocycles. The molecule has 112 valence electrons. The van der Waals surface area contributed by atoms with Crippen molar-refractivity contribution in [3.63, 3.8) is 0 Å². The SMILES string of the molecule is COc1cccc(C(O)c2cccc(C(F)(F)F)c2)c1F. The summed E-state index contributed by atoms with van der Waals surface area (Å²) in [6.07, 6.45) is -6.04. The summed E-state index contributed by atoms with van der Waals surface area (Å²) in [7, 11) is 1.26. The highest BCUT2D eigenvalue weighted by molar-refractivity contribution is 5.38. The number of alkyl halides is 3. The molecule has 0 spiro atoms. The zero-order valence-corrected chi connectivity index (χ0v) is 11.0. The topological polar surface area (TPSA) is 29.5 Å². The lowest BCUT2D eigenvalue weighted by Crippen LogP contribution is -2.08. The van der Waals surface area contributed by atoms with Gasteiger partial charge in [0.05, 0.1) is 12.7 Å². The Labute approximate surface area is 118 Å². The summed E-state index contributed by atoms with van der Waals surface area (Å²) in [5, 5.41) is 10.1. The van der Waals surface area contributed by atoms with E-state index in [1.807, 2.05) is 0 Å². The molecule has 0 amide bonds. The minimum absolute atomic E-state index is 0.0445. The van der Waals surface area contributed by atoms with Crippen LogP contribution in [0, 0.1) is 5.82 Å². The van der Waals surface area contributed by atoms with Gasteiger partial charge in [-0.3, -0.25) is 0 Å². The molecular formula is C15H12F4O2. The highest BCUT2D eigenvalue weighted by atomic mass is 19.4. The summed E-state index contributed by atoms with van der Waals surface area (Å²) in [5.41, 5.74) is -1.09. The highest BCUT2D eigenvalue weighted by Crippen LogP contribution is 2.33. The van der Waals surface area contributed by atoms with Gasteiger partial charge in [0.2, 0.25) is 0 Å². The summed E-state index contributed by atoms with van der Waals surface area (Å²) in [6, 6.07) is 8.26. The smallest absolute Gasteiger partial charge is 0.416 e. The van der Waals surface area contributed by atoms with Crippen LogP contribution in [0.15, 0.2) is 42.5 Å². The second-order valence-corrected chi connectivity index (χ2v) is 4.39. The van der Waals surface area contributed by atoms with Gasteiger partial charge in [-0.1, -0.05) is 24.3 Å². The summed E-state index contributed by atoms with van der Waals surface area (Å²) in [6.45, 7) is 0. The van der Waals surface area contributed by atoms with Crippen LogP contribution in [-0.4, -0.2) is 12.2 Å². The van der Waals surface area contributed by atoms with Gasteiger partial charge >= 0.3 is 6.18 Å². The van der Waals surface area contributed by atoms with Crippen molar-refractivity contribution in [3.8, 4) is 5.75 Å². The first-order valence-corrected chi connectivity index (χ1v) is 6.02. The van der Waals surface area contributed by atoms with Gasteiger partial charge < -0.3 is 9.84 Å². The molecule has 0 bridgehead atoms. The number of hydrogen-bond acceptors (Lipinski definition) is 2. The van der Waals surface area contributed by atoms with Crippen molar-refractivity contribution in [2.45, 2.75) is 12.3 Å². The van der Waals surface area contributed by atoms with E-state index in [9.17, 15) is 22.7 Å². The maximum atomic E-state index is 14.0. The maximum Gasteiger partial charge on any atom is 0.416 e. The minimum Gasteiger partial charge on any atom is -0.494 e. The molecule has 0 saturated heterocycles. The Bertz CT molecular complexity index is 638. The van der Waals surface area contributed by atoms with Crippen molar-refractivity contribution < 1.29 is 27.4 Å². The molecule has 2 aromatic carbocycles. The van der Waals surface area contributed by atoms with E-state index in [-0.39, 0.29) is 16.9 Å². The van der Waals surface area contributed by atoms with Gasteiger partial charge in [0.1, 0.15) is 6.10 Å². The standard InChI is InChI=1S/C15H12F4O2/c1-21-12-7-3-6-11(13(12)16)14(20)9-4-2-5-10(8-9)15(17,18)19/h2-8,14,20H,1H3. The fourth-order valence-electron chi connectivity index (χ4n) is 1.96. The average Bonchev–Trinajstić information content (AvgIpc) is 2.46. The predicted octanol–water partition coefficient (Wildman–Crippen LogP) is 3.93. The van der Waals surface area contributed by atoms with E-state index in [0.29, 0.717) is 0 Å². The van der Waals surface area contributed by atoms with E-state index < -0.39 is 23.7 Å². The Hall–Kier alpha value is -2.08. The number of ether oxygens (including phenoxy) is 1. The van der Waals surface area contributed by atoms with Crippen LogP contribution in [0.5, 0.6) is 5.75 Å². The third kappa shape index (κ3) is 3.16.